The Kier molecular flexibility index (Phi) is 8.54. The predicted octanol–water partition coefficient (Wildman–Crippen LogP) is 6.50. The molecule has 1 heterocycles. The van der Waals surface area contributed by atoms with E-state index in [-0.39, 0.29) is 23.2 Å². The van der Waals surface area contributed by atoms with Gasteiger partial charge in [-0.25, -0.2) is 9.59 Å². The largest absolute Gasteiger partial charge is 0.461 e. The SMILES string of the molecule is CC(C)OC(=O)[C@](CC(C)(C)C)(NC(=S)NC(=O)OCc1ccccc1)c1ccc2nc(C3CC3)ccc2c1. The maximum atomic E-state index is 13.9. The zero-order valence-corrected chi connectivity index (χ0v) is 24.1. The van der Waals surface area contributed by atoms with Crippen LogP contribution in [0.2, 0.25) is 0 Å². The van der Waals surface area contributed by atoms with Crippen LogP contribution in [0.3, 0.4) is 0 Å². The molecular formula is C31H37N3O4S. The van der Waals surface area contributed by atoms with Crippen LogP contribution in [0.15, 0.2) is 60.7 Å². The van der Waals surface area contributed by atoms with Gasteiger partial charge >= 0.3 is 12.1 Å². The van der Waals surface area contributed by atoms with Crippen LogP contribution in [0.1, 0.15) is 76.6 Å². The van der Waals surface area contributed by atoms with Gasteiger partial charge in [-0.15, -0.1) is 0 Å². The topological polar surface area (TPSA) is 89.6 Å². The normalized spacial score (nSPS) is 14.9. The summed E-state index contributed by atoms with van der Waals surface area (Å²) in [7, 11) is 0. The van der Waals surface area contributed by atoms with Gasteiger partial charge in [0, 0.05) is 17.0 Å². The molecule has 0 bridgehead atoms. The van der Waals surface area contributed by atoms with E-state index in [2.05, 4.69) is 16.7 Å². The summed E-state index contributed by atoms with van der Waals surface area (Å²) in [6, 6.07) is 19.2. The van der Waals surface area contributed by atoms with E-state index in [1.54, 1.807) is 13.8 Å². The molecule has 0 saturated heterocycles. The molecule has 1 aromatic heterocycles. The number of amides is 1. The molecule has 1 fully saturated rings. The number of aromatic nitrogens is 1. The van der Waals surface area contributed by atoms with Crippen LogP contribution in [0.4, 0.5) is 4.79 Å². The monoisotopic (exact) mass is 547 g/mol. The summed E-state index contributed by atoms with van der Waals surface area (Å²) in [6.07, 6.45) is 1.64. The number of thiocarbonyl (C=S) groups is 1. The van der Waals surface area contributed by atoms with E-state index in [4.69, 9.17) is 26.7 Å². The smallest absolute Gasteiger partial charge is 0.413 e. The van der Waals surface area contributed by atoms with Crippen molar-refractivity contribution >= 4 is 40.3 Å². The van der Waals surface area contributed by atoms with Crippen molar-refractivity contribution in [1.82, 2.24) is 15.6 Å². The number of ether oxygens (including phenoxy) is 2. The van der Waals surface area contributed by atoms with Crippen molar-refractivity contribution in [1.29, 1.82) is 0 Å². The van der Waals surface area contributed by atoms with E-state index < -0.39 is 17.6 Å². The number of carbonyl (C=O) groups excluding carboxylic acids is 2. The maximum Gasteiger partial charge on any atom is 0.413 e. The fraction of sp³-hybridized carbons (Fsp3) is 0.419. The number of alkyl carbamates (subject to hydrolysis) is 1. The molecule has 0 radical (unpaired) electrons. The highest BCUT2D eigenvalue weighted by atomic mass is 32.1. The fourth-order valence-electron chi connectivity index (χ4n) is 4.66. The second-order valence-corrected chi connectivity index (χ2v) is 12.1. The molecule has 8 heteroatoms. The molecule has 2 aromatic carbocycles. The number of pyridine rings is 1. The molecule has 0 unspecified atom stereocenters. The molecule has 1 aliphatic carbocycles. The lowest BCUT2D eigenvalue weighted by molar-refractivity contribution is -0.157. The Balaban J connectivity index is 1.64. The molecule has 0 spiro atoms. The average Bonchev–Trinajstić information content (AvgIpc) is 3.71. The van der Waals surface area contributed by atoms with Crippen LogP contribution in [0, 0.1) is 5.41 Å². The summed E-state index contributed by atoms with van der Waals surface area (Å²) in [4.78, 5) is 31.3. The number of hydrogen-bond donors (Lipinski definition) is 2. The molecule has 206 valence electrons. The number of rotatable bonds is 8. The van der Waals surface area contributed by atoms with Crippen molar-refractivity contribution in [2.75, 3.05) is 0 Å². The minimum absolute atomic E-state index is 0.0275. The van der Waals surface area contributed by atoms with Crippen LogP contribution in [-0.4, -0.2) is 28.3 Å². The third kappa shape index (κ3) is 7.53. The Hall–Kier alpha value is -3.52. The van der Waals surface area contributed by atoms with E-state index in [0.717, 1.165) is 22.2 Å². The van der Waals surface area contributed by atoms with E-state index in [1.165, 1.54) is 12.8 Å². The first kappa shape index (κ1) is 28.5. The summed E-state index contributed by atoms with van der Waals surface area (Å²) in [6.45, 7) is 9.84. The number of hydrogen-bond acceptors (Lipinski definition) is 6. The number of benzene rings is 2. The highest BCUT2D eigenvalue weighted by molar-refractivity contribution is 7.80. The van der Waals surface area contributed by atoms with Crippen molar-refractivity contribution in [2.24, 2.45) is 5.41 Å². The molecule has 1 saturated carbocycles. The highest BCUT2D eigenvalue weighted by Crippen LogP contribution is 2.40. The molecule has 1 atom stereocenters. The zero-order valence-electron chi connectivity index (χ0n) is 23.2. The van der Waals surface area contributed by atoms with Crippen molar-refractivity contribution < 1.29 is 19.1 Å². The van der Waals surface area contributed by atoms with Gasteiger partial charge in [0.1, 0.15) is 6.61 Å². The lowest BCUT2D eigenvalue weighted by Gasteiger charge is -2.39. The number of carbonyl (C=O) groups is 2. The summed E-state index contributed by atoms with van der Waals surface area (Å²) in [5.74, 6) is 0.0676. The summed E-state index contributed by atoms with van der Waals surface area (Å²) < 4.78 is 11.1. The quantitative estimate of drug-likeness (QED) is 0.246. The van der Waals surface area contributed by atoms with E-state index >= 15 is 0 Å². The van der Waals surface area contributed by atoms with Crippen molar-refractivity contribution in [2.45, 2.75) is 78.0 Å². The first-order valence-corrected chi connectivity index (χ1v) is 13.8. The van der Waals surface area contributed by atoms with Gasteiger partial charge in [-0.1, -0.05) is 63.2 Å². The molecule has 1 amide bonds. The Labute approximate surface area is 235 Å². The Bertz CT molecular complexity index is 1350. The van der Waals surface area contributed by atoms with E-state index in [9.17, 15) is 9.59 Å². The molecular weight excluding hydrogens is 510 g/mol. The van der Waals surface area contributed by atoms with E-state index in [1.807, 2.05) is 75.4 Å². The second-order valence-electron chi connectivity index (χ2n) is 11.7. The third-order valence-electron chi connectivity index (χ3n) is 6.44. The summed E-state index contributed by atoms with van der Waals surface area (Å²) in [5.41, 5.74) is 1.83. The number of nitrogens with zero attached hydrogens (tertiary/aromatic N) is 1. The van der Waals surface area contributed by atoms with Crippen LogP contribution in [0.25, 0.3) is 10.9 Å². The minimum Gasteiger partial charge on any atom is -0.461 e. The average molecular weight is 548 g/mol. The van der Waals surface area contributed by atoms with Crippen molar-refractivity contribution in [3.05, 3.63) is 77.5 Å². The van der Waals surface area contributed by atoms with Gasteiger partial charge in [-0.3, -0.25) is 10.3 Å². The van der Waals surface area contributed by atoms with E-state index in [0.29, 0.717) is 17.9 Å². The van der Waals surface area contributed by atoms with Crippen LogP contribution >= 0.6 is 12.2 Å². The predicted molar refractivity (Wildman–Crippen MR) is 156 cm³/mol. The number of nitrogens with one attached hydrogen (secondary N) is 2. The lowest BCUT2D eigenvalue weighted by Crippen LogP contribution is -2.58. The molecule has 4 rings (SSSR count). The molecule has 7 nitrogen and oxygen atoms in total. The fourth-order valence-corrected chi connectivity index (χ4v) is 4.92. The van der Waals surface area contributed by atoms with Gasteiger partial charge in [-0.2, -0.15) is 0 Å². The first-order valence-electron chi connectivity index (χ1n) is 13.4. The highest BCUT2D eigenvalue weighted by Gasteiger charge is 2.46. The van der Waals surface area contributed by atoms with Crippen molar-refractivity contribution in [3.63, 3.8) is 0 Å². The molecule has 3 aromatic rings. The van der Waals surface area contributed by atoms with Gasteiger partial charge in [0.05, 0.1) is 11.6 Å². The lowest BCUT2D eigenvalue weighted by atomic mass is 9.75. The Morgan fingerprint density at radius 1 is 1.05 bits per heavy atom. The standard InChI is InChI=1S/C31H37N3O4S/c1-20(2)38-27(35)31(19-30(3,4)5,34-28(39)33-29(36)37-18-21-9-7-6-8-10-21)24-14-16-26-23(17-24)13-15-25(32-26)22-11-12-22/h6-10,13-17,20,22H,11-12,18-19H2,1-5H3,(H2,33,34,36,39)/t31-/m1/s1. The number of esters is 1. The van der Waals surface area contributed by atoms with Crippen molar-refractivity contribution in [3.8, 4) is 0 Å². The second kappa shape index (κ2) is 11.7. The van der Waals surface area contributed by atoms with Gasteiger partial charge in [0.25, 0.3) is 0 Å². The van der Waals surface area contributed by atoms with Gasteiger partial charge in [0.15, 0.2) is 10.7 Å². The zero-order chi connectivity index (χ0) is 28.2. The summed E-state index contributed by atoms with van der Waals surface area (Å²) in [5, 5.41) is 6.62. The molecule has 0 aliphatic heterocycles. The maximum absolute atomic E-state index is 13.9. The Morgan fingerprint density at radius 2 is 1.77 bits per heavy atom. The first-order chi connectivity index (χ1) is 18.4. The number of fused-ring (bicyclic) bond motifs is 1. The van der Waals surface area contributed by atoms with Gasteiger partial charge in [-0.05, 0) is 80.1 Å². The van der Waals surface area contributed by atoms with Gasteiger partial charge < -0.3 is 14.8 Å². The minimum atomic E-state index is -1.37. The summed E-state index contributed by atoms with van der Waals surface area (Å²) >= 11 is 5.54. The van der Waals surface area contributed by atoms with Crippen LogP contribution < -0.4 is 10.6 Å². The van der Waals surface area contributed by atoms with Crippen LogP contribution in [-0.2, 0) is 26.4 Å². The molecule has 2 N–H and O–H groups in total. The molecule has 39 heavy (non-hydrogen) atoms. The Morgan fingerprint density at radius 3 is 2.41 bits per heavy atom. The molecule has 1 aliphatic rings. The van der Waals surface area contributed by atoms with Crippen LogP contribution in [0.5, 0.6) is 0 Å². The van der Waals surface area contributed by atoms with Gasteiger partial charge in [0.2, 0.25) is 0 Å². The third-order valence-corrected chi connectivity index (χ3v) is 6.65.